The molecule has 6 nitrogen and oxygen atoms in total. The van der Waals surface area contributed by atoms with Crippen LogP contribution in [0.5, 0.6) is 0 Å². The van der Waals surface area contributed by atoms with Gasteiger partial charge in [-0.3, -0.25) is 19.5 Å². The van der Waals surface area contributed by atoms with E-state index >= 15 is 0 Å². The zero-order valence-corrected chi connectivity index (χ0v) is 20.2. The highest BCUT2D eigenvalue weighted by Gasteiger charge is 2.39. The number of rotatable bonds is 5. The third-order valence-corrected chi connectivity index (χ3v) is 6.83. The summed E-state index contributed by atoms with van der Waals surface area (Å²) in [6, 6.07) is 7.07. The van der Waals surface area contributed by atoms with E-state index in [-0.39, 0.29) is 35.8 Å². The van der Waals surface area contributed by atoms with Gasteiger partial charge in [0.2, 0.25) is 0 Å². The van der Waals surface area contributed by atoms with Crippen molar-refractivity contribution >= 4 is 41.8 Å². The van der Waals surface area contributed by atoms with Gasteiger partial charge in [-0.15, -0.1) is 24.0 Å². The Labute approximate surface area is 196 Å². The number of aliphatic imine (C=N–C) groups is 1. The van der Waals surface area contributed by atoms with Crippen molar-refractivity contribution in [2.75, 3.05) is 33.2 Å². The monoisotopic (exact) mass is 524 g/mol. The minimum absolute atomic E-state index is 0. The van der Waals surface area contributed by atoms with Crippen molar-refractivity contribution in [3.63, 3.8) is 0 Å². The minimum Gasteiger partial charge on any atom is -0.356 e. The number of carbonyl (C=O) groups is 2. The van der Waals surface area contributed by atoms with Crippen LogP contribution in [0, 0.1) is 5.41 Å². The zero-order chi connectivity index (χ0) is 20.3. The lowest BCUT2D eigenvalue weighted by molar-refractivity contribution is 0.0652. The molecule has 30 heavy (non-hydrogen) atoms. The van der Waals surface area contributed by atoms with E-state index in [0.29, 0.717) is 23.1 Å². The van der Waals surface area contributed by atoms with Crippen LogP contribution in [0.4, 0.5) is 0 Å². The lowest BCUT2D eigenvalue weighted by atomic mass is 9.73. The molecule has 4 rings (SSSR count). The average molecular weight is 524 g/mol. The minimum atomic E-state index is -0.163. The van der Waals surface area contributed by atoms with Gasteiger partial charge in [0.05, 0.1) is 11.1 Å². The average Bonchev–Trinajstić information content (AvgIpc) is 3.25. The molecule has 2 fully saturated rings. The summed E-state index contributed by atoms with van der Waals surface area (Å²) in [5, 5.41) is 3.49. The molecular formula is C23H33IN4O2. The van der Waals surface area contributed by atoms with Crippen LogP contribution < -0.4 is 5.32 Å². The van der Waals surface area contributed by atoms with Crippen LogP contribution in [-0.4, -0.2) is 60.8 Å². The van der Waals surface area contributed by atoms with Crippen molar-refractivity contribution < 1.29 is 9.59 Å². The molecule has 1 aliphatic carbocycles. The number of fused-ring (bicyclic) bond motifs is 1. The van der Waals surface area contributed by atoms with Crippen molar-refractivity contribution in [1.82, 2.24) is 15.1 Å². The van der Waals surface area contributed by atoms with Gasteiger partial charge in [-0.05, 0) is 49.7 Å². The van der Waals surface area contributed by atoms with Crippen molar-refractivity contribution in [1.29, 1.82) is 0 Å². The second kappa shape index (κ2) is 10.1. The number of amides is 2. The topological polar surface area (TPSA) is 65.0 Å². The number of carbonyl (C=O) groups excluding carboxylic acids is 2. The first-order chi connectivity index (χ1) is 14.1. The lowest BCUT2D eigenvalue weighted by Gasteiger charge is -2.33. The second-order valence-corrected chi connectivity index (χ2v) is 8.72. The highest BCUT2D eigenvalue weighted by molar-refractivity contribution is 14.0. The Morgan fingerprint density at radius 1 is 1.03 bits per heavy atom. The van der Waals surface area contributed by atoms with Gasteiger partial charge in [-0.2, -0.15) is 0 Å². The summed E-state index contributed by atoms with van der Waals surface area (Å²) >= 11 is 0. The van der Waals surface area contributed by atoms with Crippen molar-refractivity contribution in [2.24, 2.45) is 10.4 Å². The van der Waals surface area contributed by atoms with Crippen LogP contribution in [0.15, 0.2) is 29.3 Å². The Kier molecular flexibility index (Phi) is 7.76. The molecule has 1 saturated heterocycles. The van der Waals surface area contributed by atoms with Crippen molar-refractivity contribution in [3.8, 4) is 0 Å². The summed E-state index contributed by atoms with van der Waals surface area (Å²) < 4.78 is 0. The highest BCUT2D eigenvalue weighted by atomic mass is 127. The van der Waals surface area contributed by atoms with E-state index in [4.69, 9.17) is 0 Å². The predicted molar refractivity (Wildman–Crippen MR) is 130 cm³/mol. The number of hydrogen-bond acceptors (Lipinski definition) is 3. The summed E-state index contributed by atoms with van der Waals surface area (Å²) in [5.74, 6) is 0.668. The van der Waals surface area contributed by atoms with Crippen LogP contribution in [-0.2, 0) is 0 Å². The van der Waals surface area contributed by atoms with Gasteiger partial charge in [-0.25, -0.2) is 0 Å². The Bertz CT molecular complexity index is 769. The normalized spacial score (nSPS) is 20.5. The molecule has 1 spiro atoms. The molecule has 3 aliphatic rings. The molecule has 1 N–H and O–H groups in total. The largest absolute Gasteiger partial charge is 0.356 e. The van der Waals surface area contributed by atoms with E-state index in [1.165, 1.54) is 43.4 Å². The van der Waals surface area contributed by atoms with Gasteiger partial charge >= 0.3 is 0 Å². The van der Waals surface area contributed by atoms with E-state index in [9.17, 15) is 9.59 Å². The molecule has 2 amide bonds. The Hall–Kier alpha value is -1.64. The fraction of sp³-hybridized carbons (Fsp3) is 0.609. The maximum atomic E-state index is 12.4. The number of nitrogens with zero attached hydrogens (tertiary/aromatic N) is 3. The first kappa shape index (κ1) is 23.0. The standard InChI is InChI=1S/C23H32N4O2.HI/c1-24-22(26-16-13-23(17-26)11-5-2-6-12-23)25-14-7-8-15-27-20(28)18-9-3-4-10-19(18)21(27)29;/h3-4,9-10H,2,5-8,11-17H2,1H3,(H,24,25);1H. The van der Waals surface area contributed by atoms with E-state index in [0.717, 1.165) is 38.4 Å². The van der Waals surface area contributed by atoms with Gasteiger partial charge in [0.15, 0.2) is 5.96 Å². The summed E-state index contributed by atoms with van der Waals surface area (Å²) in [6.45, 7) is 3.50. The number of nitrogens with one attached hydrogen (secondary N) is 1. The molecule has 0 unspecified atom stereocenters. The molecule has 1 aromatic rings. The number of hydrogen-bond donors (Lipinski definition) is 1. The molecular weight excluding hydrogens is 491 g/mol. The molecule has 0 aromatic heterocycles. The molecule has 0 radical (unpaired) electrons. The van der Waals surface area contributed by atoms with Gasteiger partial charge in [0, 0.05) is 33.2 Å². The molecule has 0 atom stereocenters. The van der Waals surface area contributed by atoms with E-state index in [2.05, 4.69) is 15.2 Å². The number of likely N-dealkylation sites (tertiary alicyclic amines) is 1. The maximum absolute atomic E-state index is 12.4. The molecule has 0 bridgehead atoms. The van der Waals surface area contributed by atoms with Gasteiger partial charge in [0.25, 0.3) is 11.8 Å². The highest BCUT2D eigenvalue weighted by Crippen LogP contribution is 2.43. The molecule has 2 aliphatic heterocycles. The van der Waals surface area contributed by atoms with E-state index in [1.54, 1.807) is 24.3 Å². The number of guanidine groups is 1. The fourth-order valence-electron chi connectivity index (χ4n) is 5.20. The molecule has 7 heteroatoms. The predicted octanol–water partition coefficient (Wildman–Crippen LogP) is 3.91. The van der Waals surface area contributed by atoms with Gasteiger partial charge in [-0.1, -0.05) is 31.4 Å². The van der Waals surface area contributed by atoms with Crippen LogP contribution in [0.3, 0.4) is 0 Å². The summed E-state index contributed by atoms with van der Waals surface area (Å²) in [5.41, 5.74) is 1.57. The van der Waals surface area contributed by atoms with E-state index in [1.807, 2.05) is 7.05 Å². The van der Waals surface area contributed by atoms with Crippen LogP contribution in [0.1, 0.15) is 72.1 Å². The molecule has 1 aromatic carbocycles. The fourth-order valence-corrected chi connectivity index (χ4v) is 5.20. The van der Waals surface area contributed by atoms with E-state index < -0.39 is 0 Å². The summed E-state index contributed by atoms with van der Waals surface area (Å²) in [6.07, 6.45) is 9.83. The number of unbranched alkanes of at least 4 members (excludes halogenated alkanes) is 1. The smallest absolute Gasteiger partial charge is 0.261 e. The number of benzene rings is 1. The zero-order valence-electron chi connectivity index (χ0n) is 17.9. The Balaban J connectivity index is 0.00000256. The van der Waals surface area contributed by atoms with Crippen LogP contribution >= 0.6 is 24.0 Å². The SMILES string of the molecule is CN=C(NCCCCN1C(=O)c2ccccc2C1=O)N1CCC2(CCCCC2)C1.I. The first-order valence-electron chi connectivity index (χ1n) is 11.0. The maximum Gasteiger partial charge on any atom is 0.261 e. The lowest BCUT2D eigenvalue weighted by Crippen LogP contribution is -2.42. The number of halogens is 1. The molecule has 1 saturated carbocycles. The third-order valence-electron chi connectivity index (χ3n) is 6.83. The quantitative estimate of drug-likeness (QED) is 0.209. The van der Waals surface area contributed by atoms with Gasteiger partial charge < -0.3 is 10.2 Å². The Morgan fingerprint density at radius 2 is 1.70 bits per heavy atom. The number of imide groups is 1. The van der Waals surface area contributed by atoms with Crippen LogP contribution in [0.25, 0.3) is 0 Å². The molecule has 164 valence electrons. The first-order valence-corrected chi connectivity index (χ1v) is 11.0. The third kappa shape index (κ3) is 4.65. The van der Waals surface area contributed by atoms with Crippen LogP contribution in [0.2, 0.25) is 0 Å². The Morgan fingerprint density at radius 3 is 2.33 bits per heavy atom. The molecule has 2 heterocycles. The van der Waals surface area contributed by atoms with Gasteiger partial charge in [0.1, 0.15) is 0 Å². The summed E-state index contributed by atoms with van der Waals surface area (Å²) in [7, 11) is 1.85. The summed E-state index contributed by atoms with van der Waals surface area (Å²) in [4.78, 5) is 33.1. The van der Waals surface area contributed by atoms with Crippen molar-refractivity contribution in [2.45, 2.75) is 51.4 Å². The second-order valence-electron chi connectivity index (χ2n) is 8.72. The van der Waals surface area contributed by atoms with Crippen molar-refractivity contribution in [3.05, 3.63) is 35.4 Å².